The highest BCUT2D eigenvalue weighted by atomic mass is 19.1. The third kappa shape index (κ3) is 3.67. The minimum absolute atomic E-state index is 0.120. The number of benzene rings is 1. The fourth-order valence-corrected chi connectivity index (χ4v) is 1.35. The molecule has 3 N–H and O–H groups in total. The first kappa shape index (κ1) is 11.7. The van der Waals surface area contributed by atoms with Gasteiger partial charge in [0.1, 0.15) is 5.82 Å². The van der Waals surface area contributed by atoms with Crippen LogP contribution in [-0.2, 0) is 4.79 Å². The lowest BCUT2D eigenvalue weighted by molar-refractivity contribution is -0.117. The summed E-state index contributed by atoms with van der Waals surface area (Å²) < 4.78 is 13.3. The van der Waals surface area contributed by atoms with Crippen LogP contribution < -0.4 is 11.1 Å². The second-order valence-corrected chi connectivity index (χ2v) is 3.41. The van der Waals surface area contributed by atoms with E-state index in [1.54, 1.807) is 18.2 Å². The lowest BCUT2D eigenvalue weighted by Gasteiger charge is -2.14. The van der Waals surface area contributed by atoms with Gasteiger partial charge in [0.05, 0.1) is 0 Å². The van der Waals surface area contributed by atoms with Crippen molar-refractivity contribution in [2.45, 2.75) is 19.4 Å². The Bertz CT molecular complexity index is 341. The zero-order chi connectivity index (χ0) is 11.3. The number of primary amides is 1. The van der Waals surface area contributed by atoms with E-state index in [4.69, 9.17) is 5.73 Å². The van der Waals surface area contributed by atoms with Crippen LogP contribution in [0.1, 0.15) is 24.9 Å². The highest BCUT2D eigenvalue weighted by Crippen LogP contribution is 2.15. The molecule has 0 unspecified atom stereocenters. The molecule has 0 fully saturated rings. The van der Waals surface area contributed by atoms with E-state index in [1.165, 1.54) is 6.07 Å². The topological polar surface area (TPSA) is 55.1 Å². The number of halogens is 1. The highest BCUT2D eigenvalue weighted by Gasteiger charge is 2.09. The summed E-state index contributed by atoms with van der Waals surface area (Å²) in [7, 11) is 0. The number of amides is 1. The van der Waals surface area contributed by atoms with E-state index in [0.29, 0.717) is 12.1 Å². The van der Waals surface area contributed by atoms with Gasteiger partial charge in [0.2, 0.25) is 5.91 Å². The Morgan fingerprint density at radius 1 is 1.53 bits per heavy atom. The van der Waals surface area contributed by atoms with Gasteiger partial charge in [-0.1, -0.05) is 18.2 Å². The quantitative estimate of drug-likeness (QED) is 0.770. The van der Waals surface area contributed by atoms with E-state index < -0.39 is 0 Å². The number of nitrogens with two attached hydrogens (primary N) is 1. The van der Waals surface area contributed by atoms with Gasteiger partial charge in [0, 0.05) is 24.6 Å². The number of carbonyl (C=O) groups is 1. The monoisotopic (exact) mass is 210 g/mol. The number of nitrogens with one attached hydrogen (secondary N) is 1. The molecule has 15 heavy (non-hydrogen) atoms. The summed E-state index contributed by atoms with van der Waals surface area (Å²) in [6.45, 7) is 2.31. The van der Waals surface area contributed by atoms with Crippen molar-refractivity contribution in [2.75, 3.05) is 6.54 Å². The van der Waals surface area contributed by atoms with Crippen molar-refractivity contribution in [2.24, 2.45) is 5.73 Å². The van der Waals surface area contributed by atoms with Crippen molar-refractivity contribution in [1.82, 2.24) is 5.32 Å². The predicted molar refractivity (Wildman–Crippen MR) is 56.6 cm³/mol. The van der Waals surface area contributed by atoms with E-state index in [1.807, 2.05) is 6.92 Å². The van der Waals surface area contributed by atoms with Crippen LogP contribution in [0.15, 0.2) is 24.3 Å². The highest BCUT2D eigenvalue weighted by molar-refractivity contribution is 5.73. The fraction of sp³-hybridized carbons (Fsp3) is 0.364. The Morgan fingerprint density at radius 3 is 2.80 bits per heavy atom. The van der Waals surface area contributed by atoms with Crippen LogP contribution in [0.3, 0.4) is 0 Å². The number of hydrogen-bond acceptors (Lipinski definition) is 2. The minimum Gasteiger partial charge on any atom is -0.370 e. The van der Waals surface area contributed by atoms with Gasteiger partial charge in [0.15, 0.2) is 0 Å². The van der Waals surface area contributed by atoms with Crippen molar-refractivity contribution < 1.29 is 9.18 Å². The summed E-state index contributed by atoms with van der Waals surface area (Å²) in [6.07, 6.45) is 0.263. The maximum absolute atomic E-state index is 13.3. The third-order valence-corrected chi connectivity index (χ3v) is 2.19. The van der Waals surface area contributed by atoms with Crippen LogP contribution in [0.4, 0.5) is 4.39 Å². The summed E-state index contributed by atoms with van der Waals surface area (Å²) in [4.78, 5) is 10.5. The fourth-order valence-electron chi connectivity index (χ4n) is 1.35. The van der Waals surface area contributed by atoms with Gasteiger partial charge in [-0.15, -0.1) is 0 Å². The molecule has 0 aliphatic rings. The van der Waals surface area contributed by atoms with E-state index in [0.717, 1.165) is 0 Å². The van der Waals surface area contributed by atoms with Gasteiger partial charge in [-0.25, -0.2) is 4.39 Å². The van der Waals surface area contributed by atoms with Crippen molar-refractivity contribution in [3.05, 3.63) is 35.6 Å². The molecule has 0 aromatic heterocycles. The zero-order valence-electron chi connectivity index (χ0n) is 8.66. The van der Waals surface area contributed by atoms with Crippen LogP contribution in [0, 0.1) is 5.82 Å². The number of rotatable bonds is 5. The molecule has 0 saturated carbocycles. The van der Waals surface area contributed by atoms with Crippen molar-refractivity contribution in [3.8, 4) is 0 Å². The van der Waals surface area contributed by atoms with E-state index in [2.05, 4.69) is 5.32 Å². The Hall–Kier alpha value is -1.42. The van der Waals surface area contributed by atoms with E-state index in [9.17, 15) is 9.18 Å². The molecular formula is C11H15FN2O. The molecule has 82 valence electrons. The first-order valence-corrected chi connectivity index (χ1v) is 4.87. The molecule has 0 radical (unpaired) electrons. The second kappa shape index (κ2) is 5.46. The lowest BCUT2D eigenvalue weighted by Crippen LogP contribution is -2.25. The van der Waals surface area contributed by atoms with Crippen LogP contribution in [0.5, 0.6) is 0 Å². The Balaban J connectivity index is 2.50. The second-order valence-electron chi connectivity index (χ2n) is 3.41. The van der Waals surface area contributed by atoms with Crippen LogP contribution in [-0.4, -0.2) is 12.5 Å². The van der Waals surface area contributed by atoms with Crippen molar-refractivity contribution in [3.63, 3.8) is 0 Å². The molecule has 0 aliphatic heterocycles. The zero-order valence-corrected chi connectivity index (χ0v) is 8.66. The molecule has 3 nitrogen and oxygen atoms in total. The van der Waals surface area contributed by atoms with Crippen LogP contribution in [0.25, 0.3) is 0 Å². The molecule has 0 aliphatic carbocycles. The third-order valence-electron chi connectivity index (χ3n) is 2.19. The smallest absolute Gasteiger partial charge is 0.218 e. The Kier molecular flexibility index (Phi) is 4.24. The molecule has 0 saturated heterocycles. The Labute approximate surface area is 88.5 Å². The average molecular weight is 210 g/mol. The summed E-state index contributed by atoms with van der Waals surface area (Å²) in [5.74, 6) is -0.597. The number of carbonyl (C=O) groups excluding carboxylic acids is 1. The summed E-state index contributed by atoms with van der Waals surface area (Å²) in [5, 5.41) is 3.03. The molecule has 4 heteroatoms. The SMILES string of the molecule is C[C@@H](NCCC(N)=O)c1ccccc1F. The molecule has 1 atom stereocenters. The number of hydrogen-bond donors (Lipinski definition) is 2. The molecule has 0 spiro atoms. The maximum atomic E-state index is 13.3. The predicted octanol–water partition coefficient (Wildman–Crippen LogP) is 1.35. The van der Waals surface area contributed by atoms with Gasteiger partial charge in [-0.2, -0.15) is 0 Å². The van der Waals surface area contributed by atoms with Gasteiger partial charge in [-0.05, 0) is 13.0 Å². The molecular weight excluding hydrogens is 195 g/mol. The van der Waals surface area contributed by atoms with Gasteiger partial charge in [0.25, 0.3) is 0 Å². The van der Waals surface area contributed by atoms with Gasteiger partial charge >= 0.3 is 0 Å². The molecule has 1 amide bonds. The molecule has 1 rings (SSSR count). The average Bonchev–Trinajstić information content (AvgIpc) is 2.17. The lowest BCUT2D eigenvalue weighted by atomic mass is 10.1. The largest absolute Gasteiger partial charge is 0.370 e. The van der Waals surface area contributed by atoms with Crippen molar-refractivity contribution >= 4 is 5.91 Å². The molecule has 1 aromatic carbocycles. The van der Waals surface area contributed by atoms with Gasteiger partial charge in [-0.3, -0.25) is 4.79 Å². The normalized spacial score (nSPS) is 12.4. The summed E-state index contributed by atoms with van der Waals surface area (Å²) >= 11 is 0. The Morgan fingerprint density at radius 2 is 2.20 bits per heavy atom. The standard InChI is InChI=1S/C11H15FN2O/c1-8(14-7-6-11(13)15)9-4-2-3-5-10(9)12/h2-5,8,14H,6-7H2,1H3,(H2,13,15)/t8-/m1/s1. The summed E-state index contributed by atoms with van der Waals surface area (Å²) in [5.41, 5.74) is 5.59. The maximum Gasteiger partial charge on any atom is 0.218 e. The van der Waals surface area contributed by atoms with Crippen molar-refractivity contribution in [1.29, 1.82) is 0 Å². The summed E-state index contributed by atoms with van der Waals surface area (Å²) in [6, 6.07) is 6.45. The first-order valence-electron chi connectivity index (χ1n) is 4.87. The molecule has 0 heterocycles. The van der Waals surface area contributed by atoms with E-state index >= 15 is 0 Å². The van der Waals surface area contributed by atoms with Crippen LogP contribution in [0.2, 0.25) is 0 Å². The minimum atomic E-state index is -0.358. The van der Waals surface area contributed by atoms with Crippen LogP contribution >= 0.6 is 0 Å². The van der Waals surface area contributed by atoms with Gasteiger partial charge < -0.3 is 11.1 Å². The molecule has 1 aromatic rings. The molecule has 0 bridgehead atoms. The van der Waals surface area contributed by atoms with E-state index in [-0.39, 0.29) is 24.2 Å². The first-order chi connectivity index (χ1) is 7.11.